The topological polar surface area (TPSA) is 24.9 Å². The summed E-state index contributed by atoms with van der Waals surface area (Å²) in [5.74, 6) is 3.48. The van der Waals surface area contributed by atoms with E-state index in [1.807, 2.05) is 0 Å². The van der Waals surface area contributed by atoms with Gasteiger partial charge in [0, 0.05) is 62.2 Å². The number of hydrogen-bond donors (Lipinski definition) is 0. The van der Waals surface area contributed by atoms with Gasteiger partial charge in [-0.2, -0.15) is 0 Å². The van der Waals surface area contributed by atoms with Crippen LogP contribution in [0, 0.1) is 0 Å². The van der Waals surface area contributed by atoms with E-state index in [4.69, 9.17) is 9.47 Å². The first-order valence-corrected chi connectivity index (χ1v) is 35.1. The standard InChI is InChI=1S/C98H64N2O2/c1-3-31-71(32-4-1)99(73-57-59-86-82(63-73)80-40-11-16-44-85(80)98(86)87-45-17-22-50-93(87)101-94-51-23-18-46-88(94)98)91-48-20-12-36-76(91)70-30-26-29-69(62-70)68-28-25-27-67(61-68)65-53-55-66(56-54-65)75-35-7-8-37-77(75)81-41-13-21-49-92(81)100(72-33-5-2-6-34-72)74-58-60-90-96(64-74)102-95-52-24-19-47-89(95)97(90)83-42-14-9-38-78(83)79-39-10-15-43-84(79)97/h1-64H. The molecule has 0 radical (unpaired) electrons. The van der Waals surface area contributed by atoms with Crippen molar-refractivity contribution in [1.29, 1.82) is 0 Å². The molecule has 0 amide bonds. The molecule has 2 heterocycles. The summed E-state index contributed by atoms with van der Waals surface area (Å²) in [5, 5.41) is 0. The molecule has 0 unspecified atom stereocenters. The first kappa shape index (κ1) is 58.8. The van der Waals surface area contributed by atoms with E-state index < -0.39 is 10.8 Å². The Morgan fingerprint density at radius 2 is 0.510 bits per heavy atom. The van der Waals surface area contributed by atoms with Crippen LogP contribution in [0.4, 0.5) is 34.1 Å². The van der Waals surface area contributed by atoms with Crippen LogP contribution in [-0.4, -0.2) is 0 Å². The van der Waals surface area contributed by atoms with E-state index in [0.717, 1.165) is 135 Å². The third-order valence-corrected chi connectivity index (χ3v) is 21.6. The predicted octanol–water partition coefficient (Wildman–Crippen LogP) is 25.9. The summed E-state index contributed by atoms with van der Waals surface area (Å²) >= 11 is 0. The number of ether oxygens (including phenoxy) is 2. The van der Waals surface area contributed by atoms with Gasteiger partial charge in [0.15, 0.2) is 0 Å². The fraction of sp³-hybridized carbons (Fsp3) is 0.0204. The maximum absolute atomic E-state index is 7.09. The number of para-hydroxylation sites is 7. The van der Waals surface area contributed by atoms with E-state index in [2.05, 4.69) is 398 Å². The van der Waals surface area contributed by atoms with Gasteiger partial charge in [-0.1, -0.05) is 297 Å². The highest BCUT2D eigenvalue weighted by atomic mass is 16.5. The molecule has 4 aliphatic rings. The second-order valence-electron chi connectivity index (χ2n) is 26.9. The summed E-state index contributed by atoms with van der Waals surface area (Å²) in [6, 6.07) is 142. The lowest BCUT2D eigenvalue weighted by molar-refractivity contribution is 0.436. The van der Waals surface area contributed by atoms with E-state index in [1.165, 1.54) is 44.5 Å². The fourth-order valence-corrected chi connectivity index (χ4v) is 17.3. The Balaban J connectivity index is 0.629. The van der Waals surface area contributed by atoms with Gasteiger partial charge in [0.05, 0.1) is 22.2 Å². The molecule has 0 N–H and O–H groups in total. The summed E-state index contributed by atoms with van der Waals surface area (Å²) < 4.78 is 13.8. The first-order valence-electron chi connectivity index (χ1n) is 35.1. The Morgan fingerprint density at radius 1 is 0.167 bits per heavy atom. The van der Waals surface area contributed by atoms with Crippen molar-refractivity contribution in [2.75, 3.05) is 9.80 Å². The fourth-order valence-electron chi connectivity index (χ4n) is 17.3. The third-order valence-electron chi connectivity index (χ3n) is 21.6. The first-order chi connectivity index (χ1) is 50.6. The van der Waals surface area contributed by atoms with Crippen LogP contribution in [-0.2, 0) is 10.8 Å². The van der Waals surface area contributed by atoms with Crippen molar-refractivity contribution in [1.82, 2.24) is 0 Å². The molecule has 16 aromatic rings. The molecule has 102 heavy (non-hydrogen) atoms. The largest absolute Gasteiger partial charge is 0.457 e. The Kier molecular flexibility index (Phi) is 13.7. The molecule has 4 nitrogen and oxygen atoms in total. The van der Waals surface area contributed by atoms with Crippen LogP contribution in [0.2, 0.25) is 0 Å². The molecule has 0 fully saturated rings. The van der Waals surface area contributed by atoms with Gasteiger partial charge in [-0.05, 0) is 174 Å². The van der Waals surface area contributed by atoms with E-state index in [0.29, 0.717) is 0 Å². The van der Waals surface area contributed by atoms with Gasteiger partial charge in [0.1, 0.15) is 23.0 Å². The van der Waals surface area contributed by atoms with E-state index in [-0.39, 0.29) is 0 Å². The van der Waals surface area contributed by atoms with Gasteiger partial charge in [0.2, 0.25) is 0 Å². The average Bonchev–Trinajstić information content (AvgIpc) is 1.50. The molecule has 2 aliphatic carbocycles. The molecular formula is C98H64N2O2. The van der Waals surface area contributed by atoms with Gasteiger partial charge in [-0.25, -0.2) is 0 Å². The van der Waals surface area contributed by atoms with Crippen molar-refractivity contribution in [2.45, 2.75) is 10.8 Å². The smallest absolute Gasteiger partial charge is 0.134 e. The molecule has 16 aromatic carbocycles. The molecule has 0 bridgehead atoms. The maximum Gasteiger partial charge on any atom is 0.134 e. The number of nitrogens with zero attached hydrogens (tertiary/aromatic N) is 2. The lowest BCUT2D eigenvalue weighted by atomic mass is 9.66. The summed E-state index contributed by atoms with van der Waals surface area (Å²) in [4.78, 5) is 4.81. The van der Waals surface area contributed by atoms with Gasteiger partial charge in [0.25, 0.3) is 0 Å². The molecule has 0 saturated carbocycles. The molecule has 0 saturated heterocycles. The van der Waals surface area contributed by atoms with Crippen molar-refractivity contribution >= 4 is 34.1 Å². The van der Waals surface area contributed by atoms with E-state index in [9.17, 15) is 0 Å². The zero-order valence-corrected chi connectivity index (χ0v) is 55.7. The SMILES string of the molecule is c1ccc(N(c2ccc3c(c2)-c2ccccc2C32c3ccccc3Oc3ccccc32)c2ccccc2-c2cccc(-c3cccc(-c4ccc(-c5ccccc5-c5ccccc5N(c5ccccc5)c5ccc6c(c5)Oc5ccccc5C65c6ccccc6-c6ccccc65)cc4)c3)c2)cc1. The summed E-state index contributed by atoms with van der Waals surface area (Å²) in [7, 11) is 0. The summed E-state index contributed by atoms with van der Waals surface area (Å²) in [5.41, 5.74) is 31.2. The maximum atomic E-state index is 7.09. The second-order valence-corrected chi connectivity index (χ2v) is 26.9. The number of anilines is 6. The predicted molar refractivity (Wildman–Crippen MR) is 418 cm³/mol. The number of fused-ring (bicyclic) bond motifs is 18. The highest BCUT2D eigenvalue weighted by Crippen LogP contribution is 2.65. The minimum absolute atomic E-state index is 0.555. The second kappa shape index (κ2) is 23.7. The van der Waals surface area contributed by atoms with Crippen LogP contribution >= 0.6 is 0 Å². The van der Waals surface area contributed by atoms with Gasteiger partial charge in [-0.3, -0.25) is 0 Å². The van der Waals surface area contributed by atoms with Crippen LogP contribution in [0.15, 0.2) is 388 Å². The summed E-state index contributed by atoms with van der Waals surface area (Å²) in [6.07, 6.45) is 0. The van der Waals surface area contributed by atoms with Crippen LogP contribution in [0.5, 0.6) is 23.0 Å². The number of rotatable bonds is 11. The van der Waals surface area contributed by atoms with Gasteiger partial charge < -0.3 is 19.3 Å². The van der Waals surface area contributed by atoms with Crippen molar-refractivity contribution < 1.29 is 9.47 Å². The zero-order valence-electron chi connectivity index (χ0n) is 55.7. The van der Waals surface area contributed by atoms with Crippen molar-refractivity contribution in [2.24, 2.45) is 0 Å². The molecular weight excluding hydrogens is 1240 g/mol. The molecule has 478 valence electrons. The molecule has 20 rings (SSSR count). The average molecular weight is 1300 g/mol. The highest BCUT2D eigenvalue weighted by molar-refractivity contribution is 5.98. The minimum Gasteiger partial charge on any atom is -0.457 e. The monoisotopic (exact) mass is 1300 g/mol. The van der Waals surface area contributed by atoms with E-state index in [1.54, 1.807) is 0 Å². The van der Waals surface area contributed by atoms with Gasteiger partial charge in [-0.15, -0.1) is 0 Å². The molecule has 0 aromatic heterocycles. The Labute approximate surface area is 594 Å². The Bertz CT molecular complexity index is 5900. The van der Waals surface area contributed by atoms with Crippen LogP contribution < -0.4 is 19.3 Å². The number of hydrogen-bond acceptors (Lipinski definition) is 4. The van der Waals surface area contributed by atoms with Crippen molar-refractivity contribution in [3.05, 3.63) is 433 Å². The van der Waals surface area contributed by atoms with Gasteiger partial charge >= 0.3 is 0 Å². The molecule has 2 spiro atoms. The van der Waals surface area contributed by atoms with Crippen molar-refractivity contribution in [3.63, 3.8) is 0 Å². The van der Waals surface area contributed by atoms with E-state index >= 15 is 0 Å². The highest BCUT2D eigenvalue weighted by Gasteiger charge is 2.53. The lowest BCUT2D eigenvalue weighted by Crippen LogP contribution is -2.32. The Hall–Kier alpha value is -13.3. The Morgan fingerprint density at radius 3 is 1.05 bits per heavy atom. The summed E-state index contributed by atoms with van der Waals surface area (Å²) in [6.45, 7) is 0. The van der Waals surface area contributed by atoms with Crippen LogP contribution in [0.25, 0.3) is 77.9 Å². The normalized spacial score (nSPS) is 13.2. The third kappa shape index (κ3) is 9.02. The number of benzene rings is 16. The molecule has 2 aliphatic heterocycles. The lowest BCUT2D eigenvalue weighted by Gasteiger charge is -2.40. The zero-order chi connectivity index (χ0) is 67.3. The minimum atomic E-state index is -0.558. The molecule has 0 atom stereocenters. The van der Waals surface area contributed by atoms with Crippen LogP contribution in [0.3, 0.4) is 0 Å². The van der Waals surface area contributed by atoms with Crippen molar-refractivity contribution in [3.8, 4) is 101 Å². The quantitative estimate of drug-likeness (QED) is 0.129. The van der Waals surface area contributed by atoms with Crippen LogP contribution in [0.1, 0.15) is 44.5 Å². The molecule has 4 heteroatoms.